The van der Waals surface area contributed by atoms with Crippen LogP contribution in [0.5, 0.6) is 0 Å². The Hall–Kier alpha value is -1.22. The van der Waals surface area contributed by atoms with Crippen LogP contribution in [0, 0.1) is 6.92 Å². The third-order valence-corrected chi connectivity index (χ3v) is 3.29. The predicted molar refractivity (Wildman–Crippen MR) is 67.8 cm³/mol. The molecule has 3 heteroatoms. The molecular formula is C13H20N2O. The molecule has 1 aromatic rings. The van der Waals surface area contributed by atoms with Gasteiger partial charge in [-0.05, 0) is 31.0 Å². The summed E-state index contributed by atoms with van der Waals surface area (Å²) in [6, 6.07) is 6.80. The number of morpholine rings is 1. The van der Waals surface area contributed by atoms with Crippen LogP contribution >= 0.6 is 0 Å². The molecule has 0 amide bonds. The molecule has 1 aromatic carbocycles. The van der Waals surface area contributed by atoms with Crippen molar-refractivity contribution >= 4 is 11.4 Å². The van der Waals surface area contributed by atoms with Crippen molar-refractivity contribution in [2.24, 2.45) is 0 Å². The summed E-state index contributed by atoms with van der Waals surface area (Å²) >= 11 is 0. The van der Waals surface area contributed by atoms with E-state index in [1.807, 2.05) is 6.92 Å². The topological polar surface area (TPSA) is 38.5 Å². The van der Waals surface area contributed by atoms with Gasteiger partial charge >= 0.3 is 0 Å². The Kier molecular flexibility index (Phi) is 3.34. The molecule has 2 N–H and O–H groups in total. The van der Waals surface area contributed by atoms with Crippen LogP contribution in [0.25, 0.3) is 0 Å². The van der Waals surface area contributed by atoms with Gasteiger partial charge in [-0.15, -0.1) is 0 Å². The van der Waals surface area contributed by atoms with Crippen LogP contribution in [-0.4, -0.2) is 25.8 Å². The number of hydrogen-bond donors (Lipinski definition) is 1. The van der Waals surface area contributed by atoms with Crippen LogP contribution in [0.2, 0.25) is 0 Å². The molecule has 3 nitrogen and oxygen atoms in total. The predicted octanol–water partition coefficient (Wildman–Crippen LogP) is 2.19. The Bertz CT molecular complexity index is 365. The normalized spacial score (nSPS) is 21.1. The molecule has 1 atom stereocenters. The zero-order chi connectivity index (χ0) is 11.5. The summed E-state index contributed by atoms with van der Waals surface area (Å²) in [5.41, 5.74) is 9.19. The second kappa shape index (κ2) is 4.74. The molecule has 88 valence electrons. The van der Waals surface area contributed by atoms with Gasteiger partial charge in [-0.1, -0.05) is 13.0 Å². The molecule has 0 aromatic heterocycles. The molecule has 2 rings (SSSR count). The van der Waals surface area contributed by atoms with E-state index in [0.29, 0.717) is 6.04 Å². The molecule has 1 fully saturated rings. The number of nitrogens with zero attached hydrogens (tertiary/aromatic N) is 1. The smallest absolute Gasteiger partial charge is 0.0670 e. The third kappa shape index (κ3) is 2.14. The van der Waals surface area contributed by atoms with Crippen molar-refractivity contribution in [1.82, 2.24) is 0 Å². The van der Waals surface area contributed by atoms with Gasteiger partial charge in [0.15, 0.2) is 0 Å². The minimum atomic E-state index is 0.482. The van der Waals surface area contributed by atoms with Crippen molar-refractivity contribution in [3.05, 3.63) is 23.8 Å². The fraction of sp³-hybridized carbons (Fsp3) is 0.538. The summed E-state index contributed by atoms with van der Waals surface area (Å²) in [6.07, 6.45) is 1.10. The highest BCUT2D eigenvalue weighted by Gasteiger charge is 2.21. The van der Waals surface area contributed by atoms with E-state index >= 15 is 0 Å². The van der Waals surface area contributed by atoms with Crippen molar-refractivity contribution in [3.8, 4) is 0 Å². The summed E-state index contributed by atoms with van der Waals surface area (Å²) < 4.78 is 5.51. The first kappa shape index (κ1) is 11.3. The first-order valence-electron chi connectivity index (χ1n) is 5.93. The van der Waals surface area contributed by atoms with Crippen LogP contribution in [-0.2, 0) is 4.74 Å². The van der Waals surface area contributed by atoms with Crippen LogP contribution < -0.4 is 10.6 Å². The highest BCUT2D eigenvalue weighted by molar-refractivity contribution is 5.60. The number of ether oxygens (including phenoxy) is 1. The SMILES string of the molecule is CCC1COCCN1c1ccc(C)c(N)c1. The van der Waals surface area contributed by atoms with E-state index < -0.39 is 0 Å². The lowest BCUT2D eigenvalue weighted by molar-refractivity contribution is 0.0930. The molecule has 16 heavy (non-hydrogen) atoms. The molecule has 1 aliphatic heterocycles. The minimum Gasteiger partial charge on any atom is -0.398 e. The summed E-state index contributed by atoms with van der Waals surface area (Å²) in [5.74, 6) is 0. The van der Waals surface area contributed by atoms with Gasteiger partial charge in [-0.2, -0.15) is 0 Å². The van der Waals surface area contributed by atoms with Gasteiger partial charge < -0.3 is 15.4 Å². The van der Waals surface area contributed by atoms with Crippen LogP contribution in [0.15, 0.2) is 18.2 Å². The highest BCUT2D eigenvalue weighted by atomic mass is 16.5. The summed E-state index contributed by atoms with van der Waals surface area (Å²) in [7, 11) is 0. The largest absolute Gasteiger partial charge is 0.398 e. The Morgan fingerprint density at radius 2 is 2.31 bits per heavy atom. The zero-order valence-electron chi connectivity index (χ0n) is 10.1. The molecule has 0 aliphatic carbocycles. The van der Waals surface area contributed by atoms with E-state index in [-0.39, 0.29) is 0 Å². The van der Waals surface area contributed by atoms with Crippen LogP contribution in [0.4, 0.5) is 11.4 Å². The lowest BCUT2D eigenvalue weighted by atomic mass is 10.1. The van der Waals surface area contributed by atoms with Gasteiger partial charge in [0, 0.05) is 17.9 Å². The standard InChI is InChI=1S/C13H20N2O/c1-3-11-9-16-7-6-15(11)12-5-4-10(2)13(14)8-12/h4-5,8,11H,3,6-7,9,14H2,1-2H3. The van der Waals surface area contributed by atoms with E-state index in [0.717, 1.165) is 37.4 Å². The summed E-state index contributed by atoms with van der Waals surface area (Å²) in [5, 5.41) is 0. The van der Waals surface area contributed by atoms with Gasteiger partial charge in [0.25, 0.3) is 0 Å². The maximum Gasteiger partial charge on any atom is 0.0670 e. The summed E-state index contributed by atoms with van der Waals surface area (Å²) in [4.78, 5) is 2.40. The van der Waals surface area contributed by atoms with Crippen LogP contribution in [0.3, 0.4) is 0 Å². The van der Waals surface area contributed by atoms with E-state index in [1.54, 1.807) is 0 Å². The number of anilines is 2. The van der Waals surface area contributed by atoms with Crippen molar-refractivity contribution in [3.63, 3.8) is 0 Å². The quantitative estimate of drug-likeness (QED) is 0.776. The van der Waals surface area contributed by atoms with E-state index in [9.17, 15) is 0 Å². The molecule has 0 spiro atoms. The number of benzene rings is 1. The maximum atomic E-state index is 5.96. The number of aryl methyl sites for hydroxylation is 1. The highest BCUT2D eigenvalue weighted by Crippen LogP contribution is 2.25. The van der Waals surface area contributed by atoms with Crippen molar-refractivity contribution < 1.29 is 4.74 Å². The van der Waals surface area contributed by atoms with E-state index in [1.165, 1.54) is 5.69 Å². The van der Waals surface area contributed by atoms with Gasteiger partial charge in [0.1, 0.15) is 0 Å². The summed E-state index contributed by atoms with van der Waals surface area (Å²) in [6.45, 7) is 6.83. The monoisotopic (exact) mass is 220 g/mol. The van der Waals surface area contributed by atoms with Crippen LogP contribution in [0.1, 0.15) is 18.9 Å². The zero-order valence-corrected chi connectivity index (χ0v) is 10.1. The molecule has 0 radical (unpaired) electrons. The second-order valence-corrected chi connectivity index (χ2v) is 4.37. The average molecular weight is 220 g/mol. The lowest BCUT2D eigenvalue weighted by Crippen LogP contribution is -2.45. The molecule has 1 heterocycles. The van der Waals surface area contributed by atoms with Gasteiger partial charge in [0.05, 0.1) is 19.3 Å². The lowest BCUT2D eigenvalue weighted by Gasteiger charge is -2.37. The molecule has 0 bridgehead atoms. The average Bonchev–Trinajstić information content (AvgIpc) is 2.32. The molecule has 1 aliphatic rings. The Morgan fingerprint density at radius 3 is 3.00 bits per heavy atom. The van der Waals surface area contributed by atoms with Gasteiger partial charge in [0.2, 0.25) is 0 Å². The van der Waals surface area contributed by atoms with E-state index in [2.05, 4.69) is 30.0 Å². The molecule has 1 unspecified atom stereocenters. The molecule has 1 saturated heterocycles. The molecular weight excluding hydrogens is 200 g/mol. The first-order chi connectivity index (χ1) is 7.72. The van der Waals surface area contributed by atoms with E-state index in [4.69, 9.17) is 10.5 Å². The first-order valence-corrected chi connectivity index (χ1v) is 5.93. The van der Waals surface area contributed by atoms with Gasteiger partial charge in [-0.25, -0.2) is 0 Å². The second-order valence-electron chi connectivity index (χ2n) is 4.37. The van der Waals surface area contributed by atoms with Gasteiger partial charge in [-0.3, -0.25) is 0 Å². The third-order valence-electron chi connectivity index (χ3n) is 3.29. The van der Waals surface area contributed by atoms with Crippen molar-refractivity contribution in [1.29, 1.82) is 0 Å². The Balaban J connectivity index is 2.23. The van der Waals surface area contributed by atoms with Crippen molar-refractivity contribution in [2.45, 2.75) is 26.3 Å². The molecule has 0 saturated carbocycles. The number of rotatable bonds is 2. The Morgan fingerprint density at radius 1 is 1.50 bits per heavy atom. The Labute approximate surface area is 97.2 Å². The number of nitrogen functional groups attached to an aromatic ring is 1. The minimum absolute atomic E-state index is 0.482. The number of hydrogen-bond acceptors (Lipinski definition) is 3. The number of nitrogens with two attached hydrogens (primary N) is 1. The maximum absolute atomic E-state index is 5.96. The fourth-order valence-electron chi connectivity index (χ4n) is 2.14. The van der Waals surface area contributed by atoms with Crippen molar-refractivity contribution in [2.75, 3.05) is 30.4 Å². The fourth-order valence-corrected chi connectivity index (χ4v) is 2.14.